The molecule has 0 saturated carbocycles. The Bertz CT molecular complexity index is 614. The van der Waals surface area contributed by atoms with Crippen LogP contribution in [0.5, 0.6) is 11.5 Å². The first-order valence-electron chi connectivity index (χ1n) is 9.40. The van der Waals surface area contributed by atoms with E-state index < -0.39 is 0 Å². The molecule has 6 heteroatoms. The maximum atomic E-state index is 12.5. The second-order valence-corrected chi connectivity index (χ2v) is 7.35. The van der Waals surface area contributed by atoms with E-state index in [0.29, 0.717) is 17.4 Å². The molecule has 1 amide bonds. The summed E-state index contributed by atoms with van der Waals surface area (Å²) in [5.41, 5.74) is 0.111. The summed E-state index contributed by atoms with van der Waals surface area (Å²) in [6.45, 7) is 6.30. The highest BCUT2D eigenvalue weighted by molar-refractivity contribution is 5.79. The summed E-state index contributed by atoms with van der Waals surface area (Å²) in [4.78, 5) is 16.8. The predicted octanol–water partition coefficient (Wildman–Crippen LogP) is 2.03. The highest BCUT2D eigenvalue weighted by atomic mass is 16.5. The van der Waals surface area contributed by atoms with Gasteiger partial charge in [0.2, 0.25) is 0 Å². The molecule has 1 spiro atoms. The summed E-state index contributed by atoms with van der Waals surface area (Å²) in [7, 11) is 3.77. The van der Waals surface area contributed by atoms with Crippen LogP contribution in [-0.2, 0) is 9.53 Å². The van der Waals surface area contributed by atoms with Crippen LogP contribution in [-0.4, -0.2) is 74.9 Å². The zero-order valence-electron chi connectivity index (χ0n) is 16.1. The minimum atomic E-state index is 0.0295. The van der Waals surface area contributed by atoms with Crippen molar-refractivity contribution in [3.05, 3.63) is 24.3 Å². The lowest BCUT2D eigenvalue weighted by Crippen LogP contribution is -2.73. The average Bonchev–Trinajstić information content (AvgIpc) is 2.64. The average molecular weight is 362 g/mol. The maximum absolute atomic E-state index is 12.5. The minimum Gasteiger partial charge on any atom is -0.493 e. The zero-order valence-corrected chi connectivity index (χ0v) is 16.1. The first kappa shape index (κ1) is 19.0. The quantitative estimate of drug-likeness (QED) is 0.743. The number of amides is 1. The Morgan fingerprint density at radius 2 is 2.00 bits per heavy atom. The Morgan fingerprint density at radius 3 is 2.69 bits per heavy atom. The van der Waals surface area contributed by atoms with Crippen molar-refractivity contribution in [2.75, 3.05) is 53.6 Å². The second kappa shape index (κ2) is 8.27. The van der Waals surface area contributed by atoms with Crippen LogP contribution in [0.1, 0.15) is 19.8 Å². The van der Waals surface area contributed by atoms with E-state index in [1.807, 2.05) is 36.1 Å². The second-order valence-electron chi connectivity index (χ2n) is 7.35. The molecule has 3 rings (SSSR count). The van der Waals surface area contributed by atoms with Crippen LogP contribution in [0.4, 0.5) is 0 Å². The molecule has 2 aliphatic rings. The lowest BCUT2D eigenvalue weighted by atomic mass is 9.75. The molecule has 0 unspecified atom stereocenters. The van der Waals surface area contributed by atoms with Gasteiger partial charge in [-0.05, 0) is 51.4 Å². The van der Waals surface area contributed by atoms with E-state index in [4.69, 9.17) is 14.2 Å². The SMILES string of the molecule is CCOC[C@H]1CCN(C)C2(C1)CN(C(=O)COc1ccccc1OC)C2. The van der Waals surface area contributed by atoms with Crippen LogP contribution < -0.4 is 9.47 Å². The fraction of sp³-hybridized carbons (Fsp3) is 0.650. The van der Waals surface area contributed by atoms with Crippen molar-refractivity contribution < 1.29 is 19.0 Å². The smallest absolute Gasteiger partial charge is 0.260 e. The molecule has 2 aliphatic heterocycles. The number of hydrogen-bond donors (Lipinski definition) is 0. The normalized spacial score (nSPS) is 22.1. The van der Waals surface area contributed by atoms with Gasteiger partial charge in [0.05, 0.1) is 12.6 Å². The first-order valence-corrected chi connectivity index (χ1v) is 9.40. The summed E-state index contributed by atoms with van der Waals surface area (Å²) >= 11 is 0. The standard InChI is InChI=1S/C20H30N2O4/c1-4-25-12-16-9-10-21(2)20(11-16)14-22(15-20)19(23)13-26-18-8-6-5-7-17(18)24-3/h5-8,16H,4,9-15H2,1-3H3/t16-/m0/s1. The van der Waals surface area contributed by atoms with Crippen molar-refractivity contribution >= 4 is 5.91 Å². The van der Waals surface area contributed by atoms with Gasteiger partial charge in [-0.1, -0.05) is 12.1 Å². The van der Waals surface area contributed by atoms with Gasteiger partial charge >= 0.3 is 0 Å². The number of methoxy groups -OCH3 is 1. The zero-order chi connectivity index (χ0) is 18.6. The van der Waals surface area contributed by atoms with Gasteiger partial charge < -0.3 is 19.1 Å². The Balaban J connectivity index is 1.50. The number of rotatable bonds is 7. The molecule has 1 atom stereocenters. The molecule has 0 aromatic heterocycles. The van der Waals surface area contributed by atoms with Gasteiger partial charge in [-0.15, -0.1) is 0 Å². The number of nitrogens with zero attached hydrogens (tertiary/aromatic N) is 2. The van der Waals surface area contributed by atoms with Crippen molar-refractivity contribution in [1.29, 1.82) is 0 Å². The molecule has 0 bridgehead atoms. The predicted molar refractivity (Wildman–Crippen MR) is 99.6 cm³/mol. The van der Waals surface area contributed by atoms with Crippen LogP contribution in [0.25, 0.3) is 0 Å². The van der Waals surface area contributed by atoms with Crippen LogP contribution >= 0.6 is 0 Å². The monoisotopic (exact) mass is 362 g/mol. The Morgan fingerprint density at radius 1 is 1.27 bits per heavy atom. The number of likely N-dealkylation sites (tertiary alicyclic amines) is 2. The molecule has 144 valence electrons. The van der Waals surface area contributed by atoms with Crippen LogP contribution in [0.3, 0.4) is 0 Å². The van der Waals surface area contributed by atoms with Crippen LogP contribution in [0.15, 0.2) is 24.3 Å². The molecule has 6 nitrogen and oxygen atoms in total. The largest absolute Gasteiger partial charge is 0.493 e. The minimum absolute atomic E-state index is 0.0295. The number of benzene rings is 1. The number of carbonyl (C=O) groups excluding carboxylic acids is 1. The van der Waals surface area contributed by atoms with Crippen molar-refractivity contribution in [3.63, 3.8) is 0 Å². The number of piperidine rings is 1. The van der Waals surface area contributed by atoms with Crippen molar-refractivity contribution in [3.8, 4) is 11.5 Å². The summed E-state index contributed by atoms with van der Waals surface area (Å²) in [5, 5.41) is 0. The van der Waals surface area contributed by atoms with E-state index in [0.717, 1.165) is 39.3 Å². The topological polar surface area (TPSA) is 51.2 Å². The van der Waals surface area contributed by atoms with Gasteiger partial charge in [-0.3, -0.25) is 9.69 Å². The third kappa shape index (κ3) is 3.96. The number of para-hydroxylation sites is 2. The molecular weight excluding hydrogens is 332 g/mol. The molecule has 0 radical (unpaired) electrons. The maximum Gasteiger partial charge on any atom is 0.260 e. The van der Waals surface area contributed by atoms with E-state index >= 15 is 0 Å². The molecule has 2 fully saturated rings. The molecule has 1 aromatic rings. The van der Waals surface area contributed by atoms with Gasteiger partial charge in [-0.2, -0.15) is 0 Å². The van der Waals surface area contributed by atoms with E-state index in [1.165, 1.54) is 6.42 Å². The van der Waals surface area contributed by atoms with Gasteiger partial charge in [0, 0.05) is 26.3 Å². The van der Waals surface area contributed by atoms with Crippen LogP contribution in [0.2, 0.25) is 0 Å². The summed E-state index contributed by atoms with van der Waals surface area (Å²) in [6.07, 6.45) is 2.27. The number of likely N-dealkylation sites (N-methyl/N-ethyl adjacent to an activating group) is 1. The summed E-state index contributed by atoms with van der Waals surface area (Å²) in [5.74, 6) is 1.87. The van der Waals surface area contributed by atoms with Gasteiger partial charge in [0.25, 0.3) is 5.91 Å². The van der Waals surface area contributed by atoms with Gasteiger partial charge in [0.1, 0.15) is 0 Å². The van der Waals surface area contributed by atoms with E-state index in [9.17, 15) is 4.79 Å². The number of hydrogen-bond acceptors (Lipinski definition) is 5. The van der Waals surface area contributed by atoms with Gasteiger partial charge in [-0.25, -0.2) is 0 Å². The Labute approximate surface area is 156 Å². The van der Waals surface area contributed by atoms with Crippen LogP contribution in [0, 0.1) is 5.92 Å². The summed E-state index contributed by atoms with van der Waals surface area (Å²) < 4.78 is 16.6. The molecule has 0 aliphatic carbocycles. The Kier molecular flexibility index (Phi) is 6.04. The highest BCUT2D eigenvalue weighted by Crippen LogP contribution is 2.38. The fourth-order valence-electron chi connectivity index (χ4n) is 4.02. The highest BCUT2D eigenvalue weighted by Gasteiger charge is 2.50. The fourth-order valence-corrected chi connectivity index (χ4v) is 4.02. The lowest BCUT2D eigenvalue weighted by molar-refractivity contribution is -0.153. The third-order valence-electron chi connectivity index (χ3n) is 5.65. The van der Waals surface area contributed by atoms with E-state index in [1.54, 1.807) is 7.11 Å². The third-order valence-corrected chi connectivity index (χ3v) is 5.65. The molecule has 1 aromatic carbocycles. The molecule has 0 N–H and O–H groups in total. The molecule has 2 saturated heterocycles. The number of carbonyl (C=O) groups is 1. The van der Waals surface area contributed by atoms with E-state index in [-0.39, 0.29) is 18.1 Å². The van der Waals surface area contributed by atoms with Gasteiger partial charge in [0.15, 0.2) is 18.1 Å². The van der Waals surface area contributed by atoms with Crippen molar-refractivity contribution in [2.45, 2.75) is 25.3 Å². The molecular formula is C20H30N2O4. The Hall–Kier alpha value is -1.79. The van der Waals surface area contributed by atoms with E-state index in [2.05, 4.69) is 11.9 Å². The molecule has 2 heterocycles. The first-order chi connectivity index (χ1) is 12.6. The van der Waals surface area contributed by atoms with Crippen molar-refractivity contribution in [1.82, 2.24) is 9.80 Å². The lowest BCUT2D eigenvalue weighted by Gasteiger charge is -2.58. The summed E-state index contributed by atoms with van der Waals surface area (Å²) in [6, 6.07) is 7.39. The number of ether oxygens (including phenoxy) is 3. The van der Waals surface area contributed by atoms with Crippen molar-refractivity contribution in [2.24, 2.45) is 5.92 Å². The molecule has 26 heavy (non-hydrogen) atoms.